The summed E-state index contributed by atoms with van der Waals surface area (Å²) in [6.07, 6.45) is 7.02. The number of hydrogen-bond acceptors (Lipinski definition) is 6. The maximum atomic E-state index is 12.1. The SMILES string of the molecule is C#CCCOC1C[C@@H](COC)O[C@H]1n1cc(C)c(N)nc1=O. The topological polar surface area (TPSA) is 88.6 Å². The van der Waals surface area contributed by atoms with E-state index in [-0.39, 0.29) is 18.0 Å². The van der Waals surface area contributed by atoms with Crippen molar-refractivity contribution in [2.75, 3.05) is 26.1 Å². The van der Waals surface area contributed by atoms with Gasteiger partial charge in [0.05, 0.1) is 19.3 Å². The van der Waals surface area contributed by atoms with Crippen molar-refractivity contribution in [1.82, 2.24) is 9.55 Å². The molecule has 0 saturated carbocycles. The molecule has 3 atom stereocenters. The first-order valence-electron chi connectivity index (χ1n) is 7.11. The largest absolute Gasteiger partial charge is 0.383 e. The van der Waals surface area contributed by atoms with Gasteiger partial charge in [-0.1, -0.05) is 0 Å². The third-order valence-corrected chi connectivity index (χ3v) is 3.52. The molecule has 1 aromatic rings. The number of nitrogens with two attached hydrogens (primary N) is 1. The number of nitrogen functional groups attached to an aromatic ring is 1. The predicted molar refractivity (Wildman–Crippen MR) is 81.2 cm³/mol. The van der Waals surface area contributed by atoms with Crippen LogP contribution in [0.25, 0.3) is 0 Å². The van der Waals surface area contributed by atoms with Crippen molar-refractivity contribution in [2.45, 2.75) is 38.2 Å². The summed E-state index contributed by atoms with van der Waals surface area (Å²) >= 11 is 0. The highest BCUT2D eigenvalue weighted by Crippen LogP contribution is 2.31. The molecule has 1 fully saturated rings. The van der Waals surface area contributed by atoms with Crippen molar-refractivity contribution in [3.8, 4) is 12.3 Å². The first-order valence-corrected chi connectivity index (χ1v) is 7.11. The monoisotopic (exact) mass is 307 g/mol. The van der Waals surface area contributed by atoms with Gasteiger partial charge in [-0.2, -0.15) is 4.98 Å². The molecule has 1 saturated heterocycles. The van der Waals surface area contributed by atoms with Gasteiger partial charge >= 0.3 is 5.69 Å². The van der Waals surface area contributed by atoms with E-state index in [9.17, 15) is 4.79 Å². The van der Waals surface area contributed by atoms with E-state index in [0.29, 0.717) is 31.6 Å². The highest BCUT2D eigenvalue weighted by atomic mass is 16.6. The number of anilines is 1. The average Bonchev–Trinajstić information content (AvgIpc) is 2.86. The van der Waals surface area contributed by atoms with Gasteiger partial charge in [0.2, 0.25) is 0 Å². The molecule has 0 aliphatic carbocycles. The second-order valence-electron chi connectivity index (χ2n) is 5.20. The molecule has 2 rings (SSSR count). The van der Waals surface area contributed by atoms with E-state index in [1.807, 2.05) is 0 Å². The first kappa shape index (κ1) is 16.5. The Bertz CT molecular complexity index is 608. The lowest BCUT2D eigenvalue weighted by Gasteiger charge is -2.21. The summed E-state index contributed by atoms with van der Waals surface area (Å²) < 4.78 is 18.2. The molecule has 7 heteroatoms. The molecular weight excluding hydrogens is 286 g/mol. The summed E-state index contributed by atoms with van der Waals surface area (Å²) in [5.41, 5.74) is 5.91. The zero-order valence-corrected chi connectivity index (χ0v) is 12.8. The Kier molecular flexibility index (Phi) is 5.55. The van der Waals surface area contributed by atoms with Gasteiger partial charge < -0.3 is 19.9 Å². The Hall–Kier alpha value is -1.88. The molecule has 2 N–H and O–H groups in total. The third-order valence-electron chi connectivity index (χ3n) is 3.52. The van der Waals surface area contributed by atoms with E-state index in [4.69, 9.17) is 26.4 Å². The lowest BCUT2D eigenvalue weighted by molar-refractivity contribution is -0.0750. The molecule has 0 amide bonds. The fraction of sp³-hybridized carbons (Fsp3) is 0.600. The van der Waals surface area contributed by atoms with E-state index >= 15 is 0 Å². The molecule has 1 unspecified atom stereocenters. The molecule has 0 aromatic carbocycles. The Morgan fingerprint density at radius 1 is 1.64 bits per heavy atom. The highest BCUT2D eigenvalue weighted by molar-refractivity contribution is 5.35. The summed E-state index contributed by atoms with van der Waals surface area (Å²) in [6.45, 7) is 2.63. The summed E-state index contributed by atoms with van der Waals surface area (Å²) in [5.74, 6) is 2.74. The average molecular weight is 307 g/mol. The lowest BCUT2D eigenvalue weighted by atomic mass is 10.2. The van der Waals surface area contributed by atoms with Crippen molar-refractivity contribution < 1.29 is 14.2 Å². The van der Waals surface area contributed by atoms with Crippen molar-refractivity contribution >= 4 is 5.82 Å². The summed E-state index contributed by atoms with van der Waals surface area (Å²) in [4.78, 5) is 15.9. The third kappa shape index (κ3) is 3.65. The number of hydrogen-bond donors (Lipinski definition) is 1. The van der Waals surface area contributed by atoms with Crippen LogP contribution in [-0.4, -0.2) is 42.1 Å². The Morgan fingerprint density at radius 3 is 3.09 bits per heavy atom. The van der Waals surface area contributed by atoms with Crippen LogP contribution in [-0.2, 0) is 14.2 Å². The predicted octanol–water partition coefficient (Wildman–Crippen LogP) is 0.476. The van der Waals surface area contributed by atoms with Crippen molar-refractivity contribution in [3.05, 3.63) is 22.2 Å². The van der Waals surface area contributed by atoms with E-state index in [2.05, 4.69) is 10.9 Å². The fourth-order valence-electron chi connectivity index (χ4n) is 2.43. The summed E-state index contributed by atoms with van der Waals surface area (Å²) in [6, 6.07) is 0. The lowest BCUT2D eigenvalue weighted by Crippen LogP contribution is -2.33. The van der Waals surface area contributed by atoms with Gasteiger partial charge in [0.1, 0.15) is 11.9 Å². The summed E-state index contributed by atoms with van der Waals surface area (Å²) in [7, 11) is 1.60. The van der Waals surface area contributed by atoms with E-state index in [1.54, 1.807) is 20.2 Å². The maximum absolute atomic E-state index is 12.1. The molecular formula is C15H21N3O4. The quantitative estimate of drug-likeness (QED) is 0.607. The minimum Gasteiger partial charge on any atom is -0.383 e. The fourth-order valence-corrected chi connectivity index (χ4v) is 2.43. The smallest absolute Gasteiger partial charge is 0.351 e. The number of aryl methyl sites for hydroxylation is 1. The Morgan fingerprint density at radius 2 is 2.41 bits per heavy atom. The molecule has 1 aliphatic heterocycles. The van der Waals surface area contributed by atoms with Gasteiger partial charge in [-0.25, -0.2) is 4.79 Å². The van der Waals surface area contributed by atoms with Crippen LogP contribution in [0, 0.1) is 19.3 Å². The van der Waals surface area contributed by atoms with Crippen LogP contribution >= 0.6 is 0 Å². The van der Waals surface area contributed by atoms with Crippen LogP contribution in [0.2, 0.25) is 0 Å². The van der Waals surface area contributed by atoms with E-state index in [1.165, 1.54) is 4.57 Å². The van der Waals surface area contributed by atoms with Crippen LogP contribution < -0.4 is 11.4 Å². The highest BCUT2D eigenvalue weighted by Gasteiger charge is 2.38. The van der Waals surface area contributed by atoms with Crippen molar-refractivity contribution in [2.24, 2.45) is 0 Å². The van der Waals surface area contributed by atoms with Crippen LogP contribution in [0.5, 0.6) is 0 Å². The minimum absolute atomic E-state index is 0.143. The van der Waals surface area contributed by atoms with Crippen molar-refractivity contribution in [3.63, 3.8) is 0 Å². The zero-order valence-electron chi connectivity index (χ0n) is 12.8. The molecule has 1 aromatic heterocycles. The second-order valence-corrected chi connectivity index (χ2v) is 5.20. The van der Waals surface area contributed by atoms with Gasteiger partial charge in [0.25, 0.3) is 0 Å². The van der Waals surface area contributed by atoms with Crippen molar-refractivity contribution in [1.29, 1.82) is 0 Å². The Balaban J connectivity index is 2.23. The van der Waals surface area contributed by atoms with Gasteiger partial charge in [-0.15, -0.1) is 12.3 Å². The van der Waals surface area contributed by atoms with Gasteiger partial charge in [0, 0.05) is 31.7 Å². The molecule has 0 bridgehead atoms. The minimum atomic E-state index is -0.558. The van der Waals surface area contributed by atoms with Gasteiger partial charge in [-0.3, -0.25) is 4.57 Å². The van der Waals surface area contributed by atoms with Crippen LogP contribution in [0.1, 0.15) is 24.6 Å². The molecule has 22 heavy (non-hydrogen) atoms. The van der Waals surface area contributed by atoms with Gasteiger partial charge in [0.15, 0.2) is 6.23 Å². The number of rotatable bonds is 6. The van der Waals surface area contributed by atoms with Crippen LogP contribution in [0.3, 0.4) is 0 Å². The van der Waals surface area contributed by atoms with Gasteiger partial charge in [-0.05, 0) is 6.92 Å². The number of terminal acetylenes is 1. The molecule has 2 heterocycles. The molecule has 7 nitrogen and oxygen atoms in total. The Labute approximate surface area is 129 Å². The first-order chi connectivity index (χ1) is 10.6. The standard InChI is InChI=1S/C15H21N3O4/c1-4-5-6-21-12-7-11(9-20-3)22-14(12)18-8-10(2)13(16)17-15(18)19/h1,8,11-12,14H,5-7,9H2,2-3H3,(H2,16,17,19)/t11-,12?,14+/m0/s1. The van der Waals surface area contributed by atoms with E-state index < -0.39 is 11.9 Å². The number of aromatic nitrogens is 2. The normalized spacial score (nSPS) is 24.3. The maximum Gasteiger partial charge on any atom is 0.351 e. The zero-order chi connectivity index (χ0) is 16.1. The molecule has 120 valence electrons. The van der Waals surface area contributed by atoms with Crippen LogP contribution in [0.15, 0.2) is 11.0 Å². The van der Waals surface area contributed by atoms with E-state index in [0.717, 1.165) is 0 Å². The number of nitrogens with zero attached hydrogens (tertiary/aromatic N) is 2. The number of ether oxygens (including phenoxy) is 3. The second kappa shape index (κ2) is 7.40. The number of methoxy groups -OCH3 is 1. The molecule has 1 aliphatic rings. The summed E-state index contributed by atoms with van der Waals surface area (Å²) in [5, 5.41) is 0. The molecule has 0 radical (unpaired) electrons. The van der Waals surface area contributed by atoms with Crippen LogP contribution in [0.4, 0.5) is 5.82 Å². The molecule has 0 spiro atoms.